The first-order valence-corrected chi connectivity index (χ1v) is 8.72. The zero-order chi connectivity index (χ0) is 18.4. The van der Waals surface area contributed by atoms with E-state index in [1.807, 2.05) is 31.9 Å². The highest BCUT2D eigenvalue weighted by molar-refractivity contribution is 5.62. The summed E-state index contributed by atoms with van der Waals surface area (Å²) in [6, 6.07) is 1.96. The minimum absolute atomic E-state index is 0.0105. The number of alkyl halides is 2. The van der Waals surface area contributed by atoms with E-state index < -0.39 is 6.61 Å². The van der Waals surface area contributed by atoms with Crippen LogP contribution in [0, 0.1) is 13.8 Å². The Morgan fingerprint density at radius 3 is 2.52 bits per heavy atom. The Morgan fingerprint density at radius 2 is 1.92 bits per heavy atom. The van der Waals surface area contributed by atoms with Crippen molar-refractivity contribution in [3.63, 3.8) is 0 Å². The lowest BCUT2D eigenvalue weighted by Gasteiger charge is -2.28. The predicted octanol–water partition coefficient (Wildman–Crippen LogP) is 4.24. The third-order valence-corrected chi connectivity index (χ3v) is 4.42. The van der Waals surface area contributed by atoms with Gasteiger partial charge in [-0.1, -0.05) is 0 Å². The molecular weight excluding hydrogens is 328 g/mol. The molecular formula is C18H27F2N3O2. The first kappa shape index (κ1) is 19.6. The second kappa shape index (κ2) is 9.08. The van der Waals surface area contributed by atoms with Gasteiger partial charge in [-0.25, -0.2) is 9.98 Å². The molecule has 5 nitrogen and oxygen atoms in total. The number of aromatic nitrogens is 1. The van der Waals surface area contributed by atoms with Gasteiger partial charge in [0.15, 0.2) is 0 Å². The molecule has 0 aliphatic heterocycles. The van der Waals surface area contributed by atoms with E-state index in [0.717, 1.165) is 23.5 Å². The summed E-state index contributed by atoms with van der Waals surface area (Å²) >= 11 is 0. The van der Waals surface area contributed by atoms with Crippen molar-refractivity contribution in [1.29, 1.82) is 0 Å². The molecule has 0 amide bonds. The quantitative estimate of drug-likeness (QED) is 0.542. The van der Waals surface area contributed by atoms with Crippen LogP contribution in [0.5, 0.6) is 5.88 Å². The molecule has 1 aliphatic rings. The number of aryl methyl sites for hydroxylation is 2. The molecule has 1 aromatic heterocycles. The summed E-state index contributed by atoms with van der Waals surface area (Å²) in [4.78, 5) is 11.0. The van der Waals surface area contributed by atoms with Crippen LogP contribution in [0.3, 0.4) is 0 Å². The maximum absolute atomic E-state index is 12.3. The Hall–Kier alpha value is -1.76. The first-order valence-electron chi connectivity index (χ1n) is 8.72. The van der Waals surface area contributed by atoms with Crippen molar-refractivity contribution in [2.75, 3.05) is 13.6 Å². The number of hydrogen-bond donors (Lipinski definition) is 0. The third-order valence-electron chi connectivity index (χ3n) is 4.42. The van der Waals surface area contributed by atoms with Gasteiger partial charge in [0.1, 0.15) is 6.10 Å². The van der Waals surface area contributed by atoms with Gasteiger partial charge in [0, 0.05) is 19.2 Å². The number of halogens is 2. The topological polar surface area (TPSA) is 47.0 Å². The molecule has 7 heteroatoms. The van der Waals surface area contributed by atoms with Crippen LogP contribution in [-0.2, 0) is 4.74 Å². The predicted molar refractivity (Wildman–Crippen MR) is 93.9 cm³/mol. The molecule has 0 N–H and O–H groups in total. The molecule has 1 fully saturated rings. The lowest BCUT2D eigenvalue weighted by molar-refractivity contribution is -0.173. The zero-order valence-electron chi connectivity index (χ0n) is 15.3. The Balaban J connectivity index is 1.97. The van der Waals surface area contributed by atoms with Crippen molar-refractivity contribution in [2.45, 2.75) is 65.3 Å². The summed E-state index contributed by atoms with van der Waals surface area (Å²) in [6.07, 6.45) is 3.95. The van der Waals surface area contributed by atoms with Crippen LogP contribution in [0.4, 0.5) is 14.5 Å². The summed E-state index contributed by atoms with van der Waals surface area (Å²) in [5.74, 6) is 0.596. The number of aliphatic imine (C=N–C) groups is 1. The molecule has 0 aromatic carbocycles. The molecule has 140 valence electrons. The molecule has 0 unspecified atom stereocenters. The van der Waals surface area contributed by atoms with Crippen molar-refractivity contribution in [3.8, 4) is 5.88 Å². The van der Waals surface area contributed by atoms with Crippen LogP contribution in [0.25, 0.3) is 0 Å². The molecule has 0 radical (unpaired) electrons. The number of hydrogen-bond acceptors (Lipinski definition) is 4. The molecule has 0 atom stereocenters. The molecule has 1 aliphatic carbocycles. The fourth-order valence-corrected chi connectivity index (χ4v) is 2.75. The average Bonchev–Trinajstić information content (AvgIpc) is 2.57. The smallest absolute Gasteiger partial charge is 0.345 e. The van der Waals surface area contributed by atoms with Gasteiger partial charge in [-0.15, -0.1) is 0 Å². The Labute approximate surface area is 148 Å². The van der Waals surface area contributed by atoms with Crippen LogP contribution in [0.1, 0.15) is 43.9 Å². The highest BCUT2D eigenvalue weighted by atomic mass is 19.3. The summed E-state index contributed by atoms with van der Waals surface area (Å²) in [5, 5.41) is 0. The van der Waals surface area contributed by atoms with Crippen molar-refractivity contribution in [2.24, 2.45) is 4.99 Å². The van der Waals surface area contributed by atoms with Gasteiger partial charge in [-0.2, -0.15) is 8.78 Å². The standard InChI is InChI=1S/C18H27F2N3O2/c1-5-23(4)11-21-16-10-12(2)17(22-13(16)3)24-14-6-8-15(9-7-14)25-18(19)20/h10-11,14-15,18H,5-9H2,1-4H3/b21-11+/t14-,15-. The van der Waals surface area contributed by atoms with Gasteiger partial charge in [-0.3, -0.25) is 0 Å². The molecule has 0 bridgehead atoms. The third kappa shape index (κ3) is 5.92. The second-order valence-corrected chi connectivity index (χ2v) is 6.45. The van der Waals surface area contributed by atoms with Crippen molar-refractivity contribution in [3.05, 3.63) is 17.3 Å². The summed E-state index contributed by atoms with van der Waals surface area (Å²) in [7, 11) is 1.96. The number of ether oxygens (including phenoxy) is 2. The van der Waals surface area contributed by atoms with Crippen molar-refractivity contribution < 1.29 is 18.3 Å². The SMILES string of the molecule is CCN(C)/C=N/c1cc(C)c(O[C@H]2CC[C@H](OC(F)F)CC2)nc1C. The number of nitrogens with zero attached hydrogens (tertiary/aromatic N) is 3. The van der Waals surface area contributed by atoms with Crippen molar-refractivity contribution in [1.82, 2.24) is 9.88 Å². The lowest BCUT2D eigenvalue weighted by Crippen LogP contribution is -2.29. The molecule has 2 rings (SSSR count). The molecule has 1 aromatic rings. The van der Waals surface area contributed by atoms with Crippen LogP contribution < -0.4 is 4.74 Å². The van der Waals surface area contributed by atoms with E-state index in [1.165, 1.54) is 0 Å². The maximum Gasteiger partial charge on any atom is 0.345 e. The van der Waals surface area contributed by atoms with E-state index in [-0.39, 0.29) is 12.2 Å². The minimum atomic E-state index is -2.70. The lowest BCUT2D eigenvalue weighted by atomic mass is 9.95. The zero-order valence-corrected chi connectivity index (χ0v) is 15.3. The minimum Gasteiger partial charge on any atom is -0.474 e. The Bertz CT molecular complexity index is 588. The molecule has 1 saturated carbocycles. The molecule has 1 heterocycles. The van der Waals surface area contributed by atoms with Crippen LogP contribution in [-0.4, -0.2) is 48.6 Å². The van der Waals surface area contributed by atoms with Gasteiger partial charge >= 0.3 is 6.61 Å². The van der Waals surface area contributed by atoms with E-state index in [2.05, 4.69) is 21.6 Å². The highest BCUT2D eigenvalue weighted by Gasteiger charge is 2.25. The van der Waals surface area contributed by atoms with Crippen LogP contribution >= 0.6 is 0 Å². The van der Waals surface area contributed by atoms with E-state index in [0.29, 0.717) is 31.6 Å². The summed E-state index contributed by atoms with van der Waals surface area (Å²) < 4.78 is 35.1. The fraction of sp³-hybridized carbons (Fsp3) is 0.667. The van der Waals surface area contributed by atoms with Crippen LogP contribution in [0.2, 0.25) is 0 Å². The van der Waals surface area contributed by atoms with E-state index in [9.17, 15) is 8.78 Å². The largest absolute Gasteiger partial charge is 0.474 e. The normalized spacial score (nSPS) is 21.1. The van der Waals surface area contributed by atoms with Gasteiger partial charge in [0.05, 0.1) is 23.8 Å². The average molecular weight is 355 g/mol. The number of pyridine rings is 1. The van der Waals surface area contributed by atoms with Crippen molar-refractivity contribution >= 4 is 12.0 Å². The first-order chi connectivity index (χ1) is 11.9. The van der Waals surface area contributed by atoms with E-state index >= 15 is 0 Å². The van der Waals surface area contributed by atoms with Gasteiger partial charge in [0.2, 0.25) is 5.88 Å². The summed E-state index contributed by atoms with van der Waals surface area (Å²) in [5.41, 5.74) is 2.54. The van der Waals surface area contributed by atoms with Gasteiger partial charge in [-0.05, 0) is 52.5 Å². The van der Waals surface area contributed by atoms with E-state index in [1.54, 1.807) is 6.34 Å². The second-order valence-electron chi connectivity index (χ2n) is 6.45. The number of rotatable bonds is 7. The van der Waals surface area contributed by atoms with Gasteiger partial charge in [0.25, 0.3) is 0 Å². The van der Waals surface area contributed by atoms with Crippen LogP contribution in [0.15, 0.2) is 11.1 Å². The summed E-state index contributed by atoms with van der Waals surface area (Å²) in [6.45, 7) is 4.08. The monoisotopic (exact) mass is 355 g/mol. The molecule has 25 heavy (non-hydrogen) atoms. The molecule has 0 spiro atoms. The maximum atomic E-state index is 12.3. The Morgan fingerprint density at radius 1 is 1.28 bits per heavy atom. The highest BCUT2D eigenvalue weighted by Crippen LogP contribution is 2.29. The fourth-order valence-electron chi connectivity index (χ4n) is 2.75. The Kier molecular flexibility index (Phi) is 7.11. The molecule has 0 saturated heterocycles. The van der Waals surface area contributed by atoms with E-state index in [4.69, 9.17) is 4.74 Å². The van der Waals surface area contributed by atoms with Gasteiger partial charge < -0.3 is 14.4 Å².